The lowest BCUT2D eigenvalue weighted by Gasteiger charge is -2.25. The molecule has 0 bridgehead atoms. The van der Waals surface area contributed by atoms with E-state index in [1.165, 1.54) is 22.3 Å². The van der Waals surface area contributed by atoms with Crippen molar-refractivity contribution < 1.29 is 0 Å². The van der Waals surface area contributed by atoms with Gasteiger partial charge in [-0.15, -0.1) is 0 Å². The number of hydrogen-bond donors (Lipinski definition) is 4. The lowest BCUT2D eigenvalue weighted by molar-refractivity contribution is 0.414. The van der Waals surface area contributed by atoms with Crippen LogP contribution in [0.2, 0.25) is 0 Å². The number of hydrogen-bond acceptors (Lipinski definition) is 4. The molecule has 182 valence electrons. The van der Waals surface area contributed by atoms with Gasteiger partial charge in [-0.2, -0.15) is 0 Å². The van der Waals surface area contributed by atoms with E-state index in [2.05, 4.69) is 143 Å². The fourth-order valence-electron chi connectivity index (χ4n) is 6.14. The van der Waals surface area contributed by atoms with Crippen LogP contribution >= 0.6 is 0 Å². The molecule has 0 aliphatic carbocycles. The minimum Gasteiger partial charge on any atom is -0.253 e. The summed E-state index contributed by atoms with van der Waals surface area (Å²) in [4.78, 5) is 0. The van der Waals surface area contributed by atoms with E-state index < -0.39 is 0 Å². The maximum Gasteiger partial charge on any atom is 0.0396 e. The highest BCUT2D eigenvalue weighted by Crippen LogP contribution is 2.35. The Morgan fingerprint density at radius 1 is 0.389 bits per heavy atom. The first-order valence-corrected chi connectivity index (χ1v) is 13.1. The Kier molecular flexibility index (Phi) is 6.92. The van der Waals surface area contributed by atoms with Gasteiger partial charge >= 0.3 is 0 Å². The Balaban J connectivity index is 1.20. The molecule has 2 saturated heterocycles. The third-order valence-electron chi connectivity index (χ3n) is 7.85. The maximum atomic E-state index is 3.67. The van der Waals surface area contributed by atoms with Gasteiger partial charge in [-0.3, -0.25) is 21.7 Å². The van der Waals surface area contributed by atoms with Crippen molar-refractivity contribution in [2.75, 3.05) is 0 Å². The first kappa shape index (κ1) is 23.1. The van der Waals surface area contributed by atoms with E-state index in [1.807, 2.05) is 0 Å². The smallest absolute Gasteiger partial charge is 0.0396 e. The predicted octanol–water partition coefficient (Wildman–Crippen LogP) is 5.12. The monoisotopic (exact) mass is 474 g/mol. The van der Waals surface area contributed by atoms with Gasteiger partial charge < -0.3 is 0 Å². The van der Waals surface area contributed by atoms with Gasteiger partial charge in [-0.25, -0.2) is 0 Å². The average molecular weight is 475 g/mol. The zero-order valence-corrected chi connectivity index (χ0v) is 20.4. The molecule has 0 spiro atoms. The van der Waals surface area contributed by atoms with Crippen molar-refractivity contribution >= 4 is 0 Å². The molecule has 4 aromatic rings. The summed E-state index contributed by atoms with van der Waals surface area (Å²) in [7, 11) is 0. The van der Waals surface area contributed by atoms with Crippen molar-refractivity contribution in [3.05, 3.63) is 144 Å². The summed E-state index contributed by atoms with van der Waals surface area (Å²) in [6.45, 7) is 0. The Morgan fingerprint density at radius 3 is 0.944 bits per heavy atom. The average Bonchev–Trinajstić information content (AvgIpc) is 3.62. The Hall–Kier alpha value is -3.28. The highest BCUT2D eigenvalue weighted by atomic mass is 15.5. The molecule has 4 unspecified atom stereocenters. The van der Waals surface area contributed by atoms with Gasteiger partial charge in [0.1, 0.15) is 0 Å². The molecule has 4 nitrogen and oxygen atoms in total. The second-order valence-corrected chi connectivity index (χ2v) is 10.1. The molecular weight excluding hydrogens is 440 g/mol. The summed E-state index contributed by atoms with van der Waals surface area (Å²) in [5, 5.41) is 0. The van der Waals surface area contributed by atoms with E-state index in [4.69, 9.17) is 0 Å². The highest BCUT2D eigenvalue weighted by Gasteiger charge is 2.40. The van der Waals surface area contributed by atoms with Crippen molar-refractivity contribution in [1.29, 1.82) is 0 Å². The number of hydrazine groups is 2. The summed E-state index contributed by atoms with van der Waals surface area (Å²) < 4.78 is 0. The fraction of sp³-hybridized carbons (Fsp3) is 0.250. The van der Waals surface area contributed by atoms with Crippen LogP contribution in [-0.4, -0.2) is 24.2 Å². The SMILES string of the molecule is c1ccc(C(c2ccccc2)C2CC(C3CC(C(c4ccccc4)c4ccccc4)NN3)NN2)cc1. The largest absolute Gasteiger partial charge is 0.253 e. The number of nitrogens with one attached hydrogen (secondary N) is 4. The van der Waals surface area contributed by atoms with Crippen LogP contribution in [0.3, 0.4) is 0 Å². The van der Waals surface area contributed by atoms with Gasteiger partial charge in [0.2, 0.25) is 0 Å². The molecule has 2 heterocycles. The summed E-state index contributed by atoms with van der Waals surface area (Å²) in [5.74, 6) is 0.605. The second kappa shape index (κ2) is 10.8. The van der Waals surface area contributed by atoms with E-state index >= 15 is 0 Å². The van der Waals surface area contributed by atoms with Crippen LogP contribution in [0.4, 0.5) is 0 Å². The van der Waals surface area contributed by atoms with Crippen molar-refractivity contribution in [3.63, 3.8) is 0 Å². The van der Waals surface area contributed by atoms with Gasteiger partial charge in [-0.05, 0) is 35.1 Å². The van der Waals surface area contributed by atoms with Gasteiger partial charge in [0.15, 0.2) is 0 Å². The van der Waals surface area contributed by atoms with Gasteiger partial charge in [0, 0.05) is 36.0 Å². The molecule has 6 rings (SSSR count). The predicted molar refractivity (Wildman–Crippen MR) is 146 cm³/mol. The van der Waals surface area contributed by atoms with Crippen molar-refractivity contribution in [2.45, 2.75) is 48.8 Å². The van der Waals surface area contributed by atoms with Gasteiger partial charge in [-0.1, -0.05) is 121 Å². The molecule has 0 radical (unpaired) electrons. The van der Waals surface area contributed by atoms with Crippen LogP contribution < -0.4 is 21.7 Å². The third kappa shape index (κ3) is 4.86. The molecule has 0 amide bonds. The van der Waals surface area contributed by atoms with Crippen LogP contribution in [0.25, 0.3) is 0 Å². The van der Waals surface area contributed by atoms with Crippen molar-refractivity contribution in [2.24, 2.45) is 0 Å². The lowest BCUT2D eigenvalue weighted by atomic mass is 9.81. The normalized spacial score (nSPS) is 23.9. The van der Waals surface area contributed by atoms with Crippen molar-refractivity contribution in [1.82, 2.24) is 21.7 Å². The molecule has 2 aliphatic rings. The molecule has 4 atom stereocenters. The Morgan fingerprint density at radius 2 is 0.667 bits per heavy atom. The Labute approximate surface area is 214 Å². The summed E-state index contributed by atoms with van der Waals surface area (Å²) in [6, 6.07) is 44.9. The summed E-state index contributed by atoms with van der Waals surface area (Å²) >= 11 is 0. The molecule has 4 N–H and O–H groups in total. The van der Waals surface area contributed by atoms with E-state index in [9.17, 15) is 0 Å². The third-order valence-corrected chi connectivity index (χ3v) is 7.85. The highest BCUT2D eigenvalue weighted by molar-refractivity contribution is 5.36. The lowest BCUT2D eigenvalue weighted by Crippen LogP contribution is -2.46. The molecule has 4 aromatic carbocycles. The first-order valence-electron chi connectivity index (χ1n) is 13.1. The summed E-state index contributed by atoms with van der Waals surface area (Å²) in [6.07, 6.45) is 2.11. The van der Waals surface area contributed by atoms with E-state index in [0.29, 0.717) is 36.0 Å². The van der Waals surface area contributed by atoms with E-state index in [1.54, 1.807) is 0 Å². The van der Waals surface area contributed by atoms with Crippen LogP contribution in [0, 0.1) is 0 Å². The minimum absolute atomic E-state index is 0.302. The Bertz CT molecular complexity index is 1040. The first-order chi connectivity index (χ1) is 17.9. The maximum absolute atomic E-state index is 3.67. The van der Waals surface area contributed by atoms with E-state index in [-0.39, 0.29) is 0 Å². The topological polar surface area (TPSA) is 48.1 Å². The van der Waals surface area contributed by atoms with Gasteiger partial charge in [0.25, 0.3) is 0 Å². The second-order valence-electron chi connectivity index (χ2n) is 10.1. The van der Waals surface area contributed by atoms with Crippen molar-refractivity contribution in [3.8, 4) is 0 Å². The molecule has 2 aliphatic heterocycles. The zero-order valence-electron chi connectivity index (χ0n) is 20.4. The minimum atomic E-state index is 0.302. The van der Waals surface area contributed by atoms with Crippen LogP contribution in [0.1, 0.15) is 46.9 Å². The molecular formula is C32H34N4. The summed E-state index contributed by atoms with van der Waals surface area (Å²) in [5.41, 5.74) is 20.1. The van der Waals surface area contributed by atoms with E-state index in [0.717, 1.165) is 12.8 Å². The quantitative estimate of drug-likeness (QED) is 0.300. The fourth-order valence-corrected chi connectivity index (χ4v) is 6.14. The molecule has 36 heavy (non-hydrogen) atoms. The molecule has 4 heteroatoms. The van der Waals surface area contributed by atoms with Crippen LogP contribution in [0.15, 0.2) is 121 Å². The number of benzene rings is 4. The molecule has 2 fully saturated rings. The standard InChI is InChI=1S/C32H34N4/c1-5-13-23(14-6-1)31(24-15-7-2-8-16-24)29-21-27(33-35-29)28-22-30(36-34-28)32(25-17-9-3-10-18-25)26-19-11-4-12-20-26/h1-20,27-36H,21-22H2. The number of rotatable bonds is 7. The van der Waals surface area contributed by atoms with Crippen LogP contribution in [-0.2, 0) is 0 Å². The molecule has 0 saturated carbocycles. The van der Waals surface area contributed by atoms with Crippen LogP contribution in [0.5, 0.6) is 0 Å². The molecule has 0 aromatic heterocycles. The zero-order chi connectivity index (χ0) is 24.2. The van der Waals surface area contributed by atoms with Gasteiger partial charge in [0.05, 0.1) is 0 Å².